The molecular weight excluding hydrogens is 320 g/mol. The molecule has 136 valence electrons. The molecule has 7 nitrogen and oxygen atoms in total. The molecule has 0 aromatic heterocycles. The van der Waals surface area contributed by atoms with E-state index in [9.17, 15) is 9.59 Å². The standard InChI is InChI=1S/C18H26N4O3/c1-25-16-7-6-12(10-15(16)22-9-8-20-18(22)24)17(23)21-14-5-3-2-4-13(14)11-19/h6-7,10,13-14H,2-5,8-9,11,19H2,1H3,(H,20,24)(H,21,23)/t13-,14-/m0/s1. The largest absolute Gasteiger partial charge is 0.495 e. The molecule has 0 unspecified atom stereocenters. The molecule has 4 N–H and O–H groups in total. The third-order valence-corrected chi connectivity index (χ3v) is 5.12. The van der Waals surface area contributed by atoms with E-state index in [0.717, 1.165) is 19.3 Å². The Kier molecular flexibility index (Phi) is 5.43. The van der Waals surface area contributed by atoms with E-state index in [0.29, 0.717) is 42.6 Å². The number of nitrogens with zero attached hydrogens (tertiary/aromatic N) is 1. The van der Waals surface area contributed by atoms with Crippen LogP contribution in [0.4, 0.5) is 10.5 Å². The number of ether oxygens (including phenoxy) is 1. The predicted octanol–water partition coefficient (Wildman–Crippen LogP) is 1.47. The van der Waals surface area contributed by atoms with Gasteiger partial charge >= 0.3 is 6.03 Å². The van der Waals surface area contributed by atoms with Gasteiger partial charge in [0.1, 0.15) is 5.75 Å². The van der Waals surface area contributed by atoms with Crippen molar-refractivity contribution in [1.29, 1.82) is 0 Å². The smallest absolute Gasteiger partial charge is 0.322 e. The van der Waals surface area contributed by atoms with Gasteiger partial charge in [-0.15, -0.1) is 0 Å². The molecule has 3 amide bonds. The molecule has 1 aromatic rings. The zero-order valence-corrected chi connectivity index (χ0v) is 14.6. The molecule has 0 bridgehead atoms. The highest BCUT2D eigenvalue weighted by Crippen LogP contribution is 2.31. The number of methoxy groups -OCH3 is 1. The fourth-order valence-electron chi connectivity index (χ4n) is 3.68. The minimum atomic E-state index is -0.175. The quantitative estimate of drug-likeness (QED) is 0.752. The van der Waals surface area contributed by atoms with Crippen LogP contribution in [0.2, 0.25) is 0 Å². The van der Waals surface area contributed by atoms with Crippen LogP contribution in [0, 0.1) is 5.92 Å². The van der Waals surface area contributed by atoms with Gasteiger partial charge in [0, 0.05) is 24.7 Å². The van der Waals surface area contributed by atoms with E-state index in [1.807, 2.05) is 0 Å². The number of carbonyl (C=O) groups excluding carboxylic acids is 2. The van der Waals surface area contributed by atoms with E-state index in [4.69, 9.17) is 10.5 Å². The molecule has 1 aromatic carbocycles. The van der Waals surface area contributed by atoms with Gasteiger partial charge in [0.25, 0.3) is 5.91 Å². The second-order valence-corrected chi connectivity index (χ2v) is 6.63. The molecule has 1 heterocycles. The number of nitrogens with two attached hydrogens (primary N) is 1. The van der Waals surface area contributed by atoms with Crippen molar-refractivity contribution < 1.29 is 14.3 Å². The minimum absolute atomic E-state index is 0.117. The number of anilines is 1. The molecule has 2 aliphatic rings. The van der Waals surface area contributed by atoms with Gasteiger partial charge < -0.3 is 21.1 Å². The number of carbonyl (C=O) groups is 2. The topological polar surface area (TPSA) is 96.7 Å². The lowest BCUT2D eigenvalue weighted by Gasteiger charge is -2.31. The van der Waals surface area contributed by atoms with E-state index in [1.165, 1.54) is 6.42 Å². The van der Waals surface area contributed by atoms with Crippen LogP contribution < -0.4 is 26.0 Å². The van der Waals surface area contributed by atoms with Crippen molar-refractivity contribution in [3.05, 3.63) is 23.8 Å². The Morgan fingerprint density at radius 1 is 1.40 bits per heavy atom. The Hall–Kier alpha value is -2.28. The second kappa shape index (κ2) is 7.74. The molecule has 0 spiro atoms. The first-order valence-electron chi connectivity index (χ1n) is 8.88. The fourth-order valence-corrected chi connectivity index (χ4v) is 3.68. The van der Waals surface area contributed by atoms with Gasteiger partial charge in [0.05, 0.1) is 12.8 Å². The van der Waals surface area contributed by atoms with Crippen LogP contribution >= 0.6 is 0 Å². The van der Waals surface area contributed by atoms with Gasteiger partial charge in [-0.05, 0) is 43.5 Å². The van der Waals surface area contributed by atoms with E-state index < -0.39 is 0 Å². The van der Waals surface area contributed by atoms with Gasteiger partial charge in [-0.2, -0.15) is 0 Å². The fraction of sp³-hybridized carbons (Fsp3) is 0.556. The molecule has 2 atom stereocenters. The Morgan fingerprint density at radius 2 is 2.20 bits per heavy atom. The number of benzene rings is 1. The number of hydrogen-bond acceptors (Lipinski definition) is 4. The van der Waals surface area contributed by atoms with Crippen LogP contribution in [0.5, 0.6) is 5.75 Å². The van der Waals surface area contributed by atoms with Gasteiger partial charge in [0.2, 0.25) is 0 Å². The van der Waals surface area contributed by atoms with E-state index in [1.54, 1.807) is 30.2 Å². The van der Waals surface area contributed by atoms with Gasteiger partial charge in [-0.25, -0.2) is 4.79 Å². The lowest BCUT2D eigenvalue weighted by Crippen LogP contribution is -2.44. The molecular formula is C18H26N4O3. The van der Waals surface area contributed by atoms with Crippen LogP contribution in [0.1, 0.15) is 36.0 Å². The Labute approximate surface area is 147 Å². The van der Waals surface area contributed by atoms with E-state index in [-0.39, 0.29) is 18.0 Å². The van der Waals surface area contributed by atoms with Crippen LogP contribution in [0.25, 0.3) is 0 Å². The number of nitrogens with one attached hydrogen (secondary N) is 2. The lowest BCUT2D eigenvalue weighted by molar-refractivity contribution is 0.0908. The molecule has 1 aliphatic heterocycles. The SMILES string of the molecule is COc1ccc(C(=O)N[C@H]2CCCC[C@H]2CN)cc1N1CCNC1=O. The Morgan fingerprint density at radius 3 is 2.88 bits per heavy atom. The maximum atomic E-state index is 12.7. The summed E-state index contributed by atoms with van der Waals surface area (Å²) in [5.74, 6) is 0.778. The van der Waals surface area contributed by atoms with Crippen molar-refractivity contribution in [3.8, 4) is 5.75 Å². The summed E-state index contributed by atoms with van der Waals surface area (Å²) in [6, 6.07) is 5.13. The number of urea groups is 1. The summed E-state index contributed by atoms with van der Waals surface area (Å²) >= 11 is 0. The summed E-state index contributed by atoms with van der Waals surface area (Å²) in [7, 11) is 1.56. The van der Waals surface area contributed by atoms with Crippen molar-refractivity contribution in [2.24, 2.45) is 11.7 Å². The summed E-state index contributed by atoms with van der Waals surface area (Å²) < 4.78 is 5.36. The van der Waals surface area contributed by atoms with Crippen LogP contribution in [0.15, 0.2) is 18.2 Å². The Balaban J connectivity index is 1.79. The monoisotopic (exact) mass is 346 g/mol. The van der Waals surface area contributed by atoms with Crippen LogP contribution in [-0.4, -0.2) is 44.7 Å². The van der Waals surface area contributed by atoms with E-state index in [2.05, 4.69) is 10.6 Å². The molecule has 1 aliphatic carbocycles. The third kappa shape index (κ3) is 3.71. The molecule has 1 saturated carbocycles. The average molecular weight is 346 g/mol. The first-order chi connectivity index (χ1) is 12.1. The van der Waals surface area contributed by atoms with Gasteiger partial charge in [-0.3, -0.25) is 9.69 Å². The van der Waals surface area contributed by atoms with Crippen LogP contribution in [-0.2, 0) is 0 Å². The highest BCUT2D eigenvalue weighted by Gasteiger charge is 2.28. The Bertz CT molecular complexity index is 649. The second-order valence-electron chi connectivity index (χ2n) is 6.63. The normalized spacial score (nSPS) is 23.3. The first kappa shape index (κ1) is 17.5. The highest BCUT2D eigenvalue weighted by molar-refractivity contribution is 6.00. The maximum absolute atomic E-state index is 12.7. The summed E-state index contributed by atoms with van der Waals surface area (Å²) in [5.41, 5.74) is 6.99. The van der Waals surface area contributed by atoms with E-state index >= 15 is 0 Å². The average Bonchev–Trinajstić information content (AvgIpc) is 3.07. The van der Waals surface area contributed by atoms with Crippen molar-refractivity contribution in [3.63, 3.8) is 0 Å². The maximum Gasteiger partial charge on any atom is 0.322 e. The lowest BCUT2D eigenvalue weighted by atomic mass is 9.84. The number of rotatable bonds is 5. The zero-order valence-electron chi connectivity index (χ0n) is 14.6. The summed E-state index contributed by atoms with van der Waals surface area (Å²) in [4.78, 5) is 26.3. The van der Waals surface area contributed by atoms with Gasteiger partial charge in [0.15, 0.2) is 0 Å². The van der Waals surface area contributed by atoms with Crippen molar-refractivity contribution in [1.82, 2.24) is 10.6 Å². The number of hydrogen-bond donors (Lipinski definition) is 3. The summed E-state index contributed by atoms with van der Waals surface area (Å²) in [5, 5.41) is 5.89. The predicted molar refractivity (Wildman–Crippen MR) is 96.0 cm³/mol. The zero-order chi connectivity index (χ0) is 17.8. The summed E-state index contributed by atoms with van der Waals surface area (Å²) in [6.45, 7) is 1.73. The van der Waals surface area contributed by atoms with Crippen molar-refractivity contribution in [2.45, 2.75) is 31.7 Å². The molecule has 7 heteroatoms. The van der Waals surface area contributed by atoms with Crippen LogP contribution in [0.3, 0.4) is 0 Å². The number of amides is 3. The molecule has 1 saturated heterocycles. The minimum Gasteiger partial charge on any atom is -0.495 e. The van der Waals surface area contributed by atoms with Crippen molar-refractivity contribution in [2.75, 3.05) is 31.6 Å². The third-order valence-electron chi connectivity index (χ3n) is 5.12. The molecule has 25 heavy (non-hydrogen) atoms. The summed E-state index contributed by atoms with van der Waals surface area (Å²) in [6.07, 6.45) is 4.31. The molecule has 0 radical (unpaired) electrons. The molecule has 2 fully saturated rings. The highest BCUT2D eigenvalue weighted by atomic mass is 16.5. The van der Waals surface area contributed by atoms with Gasteiger partial charge in [-0.1, -0.05) is 12.8 Å². The first-order valence-corrected chi connectivity index (χ1v) is 8.88. The van der Waals surface area contributed by atoms with Crippen molar-refractivity contribution >= 4 is 17.6 Å². The molecule has 3 rings (SSSR count).